The van der Waals surface area contributed by atoms with E-state index in [0.29, 0.717) is 11.6 Å². The molecule has 4 rings (SSSR count). The monoisotopic (exact) mass is 489 g/mol. The Balaban J connectivity index is 1.48. The number of rotatable bonds is 11. The zero-order valence-corrected chi connectivity index (χ0v) is 21.2. The second-order valence-corrected chi connectivity index (χ2v) is 9.30. The number of hydrogen-bond donors (Lipinski definition) is 1. The smallest absolute Gasteiger partial charge is 0.234 e. The molecule has 0 bridgehead atoms. The fourth-order valence-electron chi connectivity index (χ4n) is 3.80. The molecule has 8 heteroatoms. The van der Waals surface area contributed by atoms with Crippen LogP contribution in [-0.4, -0.2) is 38.1 Å². The van der Waals surface area contributed by atoms with Crippen LogP contribution in [0.25, 0.3) is 5.69 Å². The van der Waals surface area contributed by atoms with E-state index in [1.165, 1.54) is 30.2 Å². The molecule has 7 nitrogen and oxygen atoms in total. The molecule has 182 valence electrons. The van der Waals surface area contributed by atoms with Gasteiger partial charge >= 0.3 is 0 Å². The van der Waals surface area contributed by atoms with Gasteiger partial charge in [0.25, 0.3) is 0 Å². The molecular weight excluding hydrogens is 458 g/mol. The van der Waals surface area contributed by atoms with Crippen molar-refractivity contribution in [2.75, 3.05) is 18.2 Å². The fraction of sp³-hybridized carbons (Fsp3) is 0.296. The van der Waals surface area contributed by atoms with Crippen LogP contribution in [0.3, 0.4) is 0 Å². The van der Waals surface area contributed by atoms with E-state index in [9.17, 15) is 4.79 Å². The van der Waals surface area contributed by atoms with E-state index in [1.807, 2.05) is 60.3 Å². The Labute approximate surface area is 210 Å². The van der Waals surface area contributed by atoms with E-state index >= 15 is 0 Å². The van der Waals surface area contributed by atoms with Gasteiger partial charge in [-0.3, -0.25) is 9.36 Å². The van der Waals surface area contributed by atoms with Crippen molar-refractivity contribution >= 4 is 23.4 Å². The largest absolute Gasteiger partial charge is 0.497 e. The van der Waals surface area contributed by atoms with Gasteiger partial charge in [0, 0.05) is 36.7 Å². The van der Waals surface area contributed by atoms with Crippen molar-refractivity contribution in [3.63, 3.8) is 0 Å². The van der Waals surface area contributed by atoms with Crippen LogP contribution < -0.4 is 10.1 Å². The first-order valence-corrected chi connectivity index (χ1v) is 12.8. The quantitative estimate of drug-likeness (QED) is 0.290. The van der Waals surface area contributed by atoms with Crippen LogP contribution in [0.5, 0.6) is 5.75 Å². The van der Waals surface area contributed by atoms with E-state index in [-0.39, 0.29) is 11.7 Å². The van der Waals surface area contributed by atoms with Gasteiger partial charge in [0.1, 0.15) is 11.6 Å². The Hall–Kier alpha value is -3.52. The number of carbonyl (C=O) groups is 1. The van der Waals surface area contributed by atoms with E-state index in [2.05, 4.69) is 45.2 Å². The molecule has 2 aromatic carbocycles. The molecule has 1 amide bonds. The van der Waals surface area contributed by atoms with Crippen molar-refractivity contribution in [2.45, 2.75) is 37.8 Å². The molecule has 0 radical (unpaired) electrons. The summed E-state index contributed by atoms with van der Waals surface area (Å²) in [6.07, 6.45) is 6.04. The van der Waals surface area contributed by atoms with Gasteiger partial charge in [-0.2, -0.15) is 0 Å². The van der Waals surface area contributed by atoms with Crippen molar-refractivity contribution in [1.29, 1.82) is 0 Å². The maximum Gasteiger partial charge on any atom is 0.234 e. The van der Waals surface area contributed by atoms with Crippen molar-refractivity contribution < 1.29 is 9.53 Å². The Morgan fingerprint density at radius 1 is 1.06 bits per heavy atom. The molecule has 0 unspecified atom stereocenters. The SMILES string of the molecule is CCCCc1ccc(NC(=O)CSc2nnc(Cc3cccn3C)n2-c2ccc(OC)cc2)cc1. The highest BCUT2D eigenvalue weighted by Gasteiger charge is 2.17. The third-order valence-electron chi connectivity index (χ3n) is 5.81. The van der Waals surface area contributed by atoms with Crippen molar-refractivity contribution in [3.05, 3.63) is 83.9 Å². The molecule has 0 atom stereocenters. The van der Waals surface area contributed by atoms with Crippen LogP contribution >= 0.6 is 11.8 Å². The van der Waals surface area contributed by atoms with Crippen LogP contribution in [0.1, 0.15) is 36.8 Å². The van der Waals surface area contributed by atoms with Gasteiger partial charge in [0.05, 0.1) is 12.9 Å². The lowest BCUT2D eigenvalue weighted by atomic mass is 10.1. The normalized spacial score (nSPS) is 10.9. The summed E-state index contributed by atoms with van der Waals surface area (Å²) in [5.74, 6) is 1.74. The molecule has 2 aromatic heterocycles. The van der Waals surface area contributed by atoms with E-state index in [4.69, 9.17) is 4.74 Å². The minimum atomic E-state index is -0.0791. The lowest BCUT2D eigenvalue weighted by molar-refractivity contribution is -0.113. The van der Waals surface area contributed by atoms with Gasteiger partial charge < -0.3 is 14.6 Å². The first-order valence-electron chi connectivity index (χ1n) is 11.8. The zero-order valence-electron chi connectivity index (χ0n) is 20.4. The minimum absolute atomic E-state index is 0.0791. The number of nitrogens with one attached hydrogen (secondary N) is 1. The molecule has 0 saturated carbocycles. The summed E-state index contributed by atoms with van der Waals surface area (Å²) in [4.78, 5) is 12.7. The maximum atomic E-state index is 12.7. The van der Waals surface area contributed by atoms with Gasteiger partial charge in [0.15, 0.2) is 5.16 Å². The van der Waals surface area contributed by atoms with Crippen LogP contribution in [0.15, 0.2) is 72.0 Å². The van der Waals surface area contributed by atoms with Gasteiger partial charge in [-0.15, -0.1) is 10.2 Å². The highest BCUT2D eigenvalue weighted by atomic mass is 32.2. The summed E-state index contributed by atoms with van der Waals surface area (Å²) < 4.78 is 9.39. The average molecular weight is 490 g/mol. The number of nitrogens with zero attached hydrogens (tertiary/aromatic N) is 4. The fourth-order valence-corrected chi connectivity index (χ4v) is 4.57. The summed E-state index contributed by atoms with van der Waals surface area (Å²) in [6.45, 7) is 2.19. The van der Waals surface area contributed by atoms with Crippen LogP contribution in [0.2, 0.25) is 0 Å². The average Bonchev–Trinajstić information content (AvgIpc) is 3.48. The summed E-state index contributed by atoms with van der Waals surface area (Å²) in [7, 11) is 3.66. The minimum Gasteiger partial charge on any atom is -0.497 e. The summed E-state index contributed by atoms with van der Waals surface area (Å²) >= 11 is 1.37. The Kier molecular flexibility index (Phi) is 8.26. The van der Waals surface area contributed by atoms with Gasteiger partial charge in [-0.05, 0) is 66.9 Å². The standard InChI is InChI=1S/C27H31N5O2S/c1-4-5-7-20-9-11-21(12-10-20)28-26(33)19-35-27-30-29-25(18-23-8-6-17-31(23)2)32(27)22-13-15-24(34-3)16-14-22/h6,8-17H,4-5,7,18-19H2,1-3H3,(H,28,33). The molecule has 0 spiro atoms. The Morgan fingerprint density at radius 2 is 1.83 bits per heavy atom. The molecule has 2 heterocycles. The van der Waals surface area contributed by atoms with Crippen molar-refractivity contribution in [1.82, 2.24) is 19.3 Å². The number of anilines is 1. The molecular formula is C27H31N5O2S. The number of amides is 1. The van der Waals surface area contributed by atoms with Crippen LogP contribution in [0.4, 0.5) is 5.69 Å². The van der Waals surface area contributed by atoms with E-state index in [0.717, 1.165) is 35.1 Å². The molecule has 0 saturated heterocycles. The predicted octanol–water partition coefficient (Wildman–Crippen LogP) is 5.28. The second kappa shape index (κ2) is 11.8. The molecule has 0 aliphatic carbocycles. The highest BCUT2D eigenvalue weighted by Crippen LogP contribution is 2.25. The number of aryl methyl sites for hydroxylation is 2. The second-order valence-electron chi connectivity index (χ2n) is 8.36. The molecule has 1 N–H and O–H groups in total. The van der Waals surface area contributed by atoms with Crippen molar-refractivity contribution in [2.24, 2.45) is 7.05 Å². The molecule has 0 fully saturated rings. The highest BCUT2D eigenvalue weighted by molar-refractivity contribution is 7.99. The Morgan fingerprint density at radius 3 is 2.49 bits per heavy atom. The first-order chi connectivity index (χ1) is 17.1. The summed E-state index contributed by atoms with van der Waals surface area (Å²) in [6, 6.07) is 19.9. The van der Waals surface area contributed by atoms with Crippen LogP contribution in [0, 0.1) is 0 Å². The van der Waals surface area contributed by atoms with Gasteiger partial charge in [-0.1, -0.05) is 37.2 Å². The van der Waals surface area contributed by atoms with E-state index < -0.39 is 0 Å². The number of benzene rings is 2. The van der Waals surface area contributed by atoms with Gasteiger partial charge in [0.2, 0.25) is 5.91 Å². The number of ether oxygens (including phenoxy) is 1. The topological polar surface area (TPSA) is 74.0 Å². The van der Waals surface area contributed by atoms with Crippen molar-refractivity contribution in [3.8, 4) is 11.4 Å². The zero-order chi connectivity index (χ0) is 24.6. The third kappa shape index (κ3) is 6.33. The number of unbranched alkanes of at least 4 members (excludes halogenated alkanes) is 1. The first kappa shape index (κ1) is 24.6. The summed E-state index contributed by atoms with van der Waals surface area (Å²) in [5, 5.41) is 12.5. The number of carbonyl (C=O) groups excluding carboxylic acids is 1. The molecule has 0 aliphatic heterocycles. The number of hydrogen-bond acceptors (Lipinski definition) is 5. The predicted molar refractivity (Wildman–Crippen MR) is 141 cm³/mol. The number of thioether (sulfide) groups is 1. The summed E-state index contributed by atoms with van der Waals surface area (Å²) in [5.41, 5.74) is 4.14. The molecule has 35 heavy (non-hydrogen) atoms. The maximum absolute atomic E-state index is 12.7. The lowest BCUT2D eigenvalue weighted by Crippen LogP contribution is -2.14. The van der Waals surface area contributed by atoms with Crippen LogP contribution in [-0.2, 0) is 24.7 Å². The third-order valence-corrected chi connectivity index (χ3v) is 6.74. The molecule has 4 aromatic rings. The Bertz CT molecular complexity index is 1250. The number of methoxy groups -OCH3 is 1. The van der Waals surface area contributed by atoms with Gasteiger partial charge in [-0.25, -0.2) is 0 Å². The number of aromatic nitrogens is 4. The lowest BCUT2D eigenvalue weighted by Gasteiger charge is -2.12. The molecule has 0 aliphatic rings. The van der Waals surface area contributed by atoms with E-state index in [1.54, 1.807) is 7.11 Å².